The Balaban J connectivity index is 2.30. The van der Waals surface area contributed by atoms with E-state index in [-0.39, 0.29) is 30.4 Å². The Labute approximate surface area is 141 Å². The molecule has 0 bridgehead atoms. The molecule has 8 heteroatoms. The highest BCUT2D eigenvalue weighted by Crippen LogP contribution is 2.36. The van der Waals surface area contributed by atoms with Gasteiger partial charge in [0.1, 0.15) is 0 Å². The minimum Gasteiger partial charge on any atom is -0.503 e. The molecule has 0 saturated heterocycles. The number of aromatic hydroxyl groups is 1. The minimum absolute atomic E-state index is 0.0193. The minimum atomic E-state index is -0.990. The second kappa shape index (κ2) is 6.82. The Bertz CT molecular complexity index is 727. The van der Waals surface area contributed by atoms with Crippen LogP contribution < -0.4 is 4.74 Å². The predicted octanol–water partition coefficient (Wildman–Crippen LogP) is 2.24. The molecule has 1 aromatic rings. The van der Waals surface area contributed by atoms with Crippen molar-refractivity contribution in [3.05, 3.63) is 27.7 Å². The molecule has 122 valence electrons. The van der Waals surface area contributed by atoms with E-state index in [9.17, 15) is 14.7 Å². The lowest BCUT2D eigenvalue weighted by atomic mass is 10.1. The second-order valence-electron chi connectivity index (χ2n) is 4.87. The predicted molar refractivity (Wildman–Crippen MR) is 87.4 cm³/mol. The fraction of sp³-hybridized carbons (Fsp3) is 0.267. The molecule has 2 rings (SSSR count). The van der Waals surface area contributed by atoms with Crippen LogP contribution in [0.25, 0.3) is 6.08 Å². The van der Waals surface area contributed by atoms with Crippen molar-refractivity contribution in [1.82, 2.24) is 5.01 Å². The van der Waals surface area contributed by atoms with Crippen molar-refractivity contribution in [2.24, 2.45) is 5.10 Å². The topological polar surface area (TPSA) is 99.4 Å². The molecule has 1 amide bonds. The summed E-state index contributed by atoms with van der Waals surface area (Å²) < 4.78 is 5.51. The molecule has 7 nitrogen and oxygen atoms in total. The van der Waals surface area contributed by atoms with Gasteiger partial charge in [0.2, 0.25) is 0 Å². The summed E-state index contributed by atoms with van der Waals surface area (Å²) in [5, 5.41) is 23.7. The van der Waals surface area contributed by atoms with Gasteiger partial charge in [-0.15, -0.1) is 0 Å². The number of carboxylic acids is 1. The Kier molecular flexibility index (Phi) is 5.05. The Hall–Kier alpha value is -2.35. The maximum absolute atomic E-state index is 12.3. The van der Waals surface area contributed by atoms with E-state index in [0.717, 1.165) is 5.01 Å². The first-order chi connectivity index (χ1) is 10.8. The van der Waals surface area contributed by atoms with E-state index >= 15 is 0 Å². The van der Waals surface area contributed by atoms with E-state index in [1.54, 1.807) is 25.1 Å². The first-order valence-corrected chi connectivity index (χ1v) is 7.50. The van der Waals surface area contributed by atoms with E-state index in [2.05, 4.69) is 21.0 Å². The molecular formula is C15H15BrN2O5. The molecule has 0 aromatic heterocycles. The highest BCUT2D eigenvalue weighted by atomic mass is 79.9. The van der Waals surface area contributed by atoms with Crippen LogP contribution >= 0.6 is 15.9 Å². The highest BCUT2D eigenvalue weighted by molar-refractivity contribution is 9.10. The molecule has 1 heterocycles. The lowest BCUT2D eigenvalue weighted by Gasteiger charge is -2.10. The number of phenolic OH excluding ortho intramolecular Hbond substituents is 1. The van der Waals surface area contributed by atoms with Gasteiger partial charge in [-0.25, -0.2) is 5.01 Å². The fourth-order valence-corrected chi connectivity index (χ4v) is 2.55. The highest BCUT2D eigenvalue weighted by Gasteiger charge is 2.27. The number of hydrazone groups is 1. The van der Waals surface area contributed by atoms with E-state index in [0.29, 0.717) is 21.3 Å². The molecule has 23 heavy (non-hydrogen) atoms. The van der Waals surface area contributed by atoms with Crippen molar-refractivity contribution < 1.29 is 24.5 Å². The van der Waals surface area contributed by atoms with Gasteiger partial charge in [0.25, 0.3) is 5.91 Å². The number of halogens is 1. The molecule has 0 fully saturated rings. The maximum atomic E-state index is 12.3. The summed E-state index contributed by atoms with van der Waals surface area (Å²) in [6.07, 6.45) is 1.45. The molecule has 0 unspecified atom stereocenters. The van der Waals surface area contributed by atoms with Crippen LogP contribution in [-0.4, -0.2) is 46.5 Å². The van der Waals surface area contributed by atoms with Crippen molar-refractivity contribution in [1.29, 1.82) is 0 Å². The average molecular weight is 383 g/mol. The maximum Gasteiger partial charge on any atom is 0.305 e. The summed E-state index contributed by atoms with van der Waals surface area (Å²) in [6, 6.07) is 3.24. The number of rotatable bonds is 5. The Morgan fingerprint density at radius 1 is 1.48 bits per heavy atom. The summed E-state index contributed by atoms with van der Waals surface area (Å²) in [5.74, 6) is -1.10. The Morgan fingerprint density at radius 2 is 2.17 bits per heavy atom. The first-order valence-electron chi connectivity index (χ1n) is 6.71. The van der Waals surface area contributed by atoms with Crippen LogP contribution in [0, 0.1) is 0 Å². The van der Waals surface area contributed by atoms with Gasteiger partial charge in [0.05, 0.1) is 35.8 Å². The van der Waals surface area contributed by atoms with Crippen LogP contribution in [0.5, 0.6) is 11.5 Å². The number of carbonyl (C=O) groups excluding carboxylic acids is 1. The van der Waals surface area contributed by atoms with E-state index < -0.39 is 5.97 Å². The standard InChI is InChI=1S/C15H15BrN2O5/c1-8-10(15(22)18(17-8)4-3-13(19)20)5-9-6-11(16)14(21)12(7-9)23-2/h5-7,21H,3-4H2,1-2H3,(H,19,20). The van der Waals surface area contributed by atoms with Crippen LogP contribution in [0.1, 0.15) is 18.9 Å². The molecule has 1 aromatic carbocycles. The first kappa shape index (κ1) is 17.0. The summed E-state index contributed by atoms with van der Waals surface area (Å²) in [7, 11) is 1.43. The number of methoxy groups -OCH3 is 1. The number of carbonyl (C=O) groups is 2. The number of aliphatic carboxylic acids is 1. The number of carboxylic acid groups (broad SMARTS) is 1. The van der Waals surface area contributed by atoms with Gasteiger partial charge in [0.15, 0.2) is 11.5 Å². The van der Waals surface area contributed by atoms with E-state index in [4.69, 9.17) is 9.84 Å². The summed E-state index contributed by atoms with van der Waals surface area (Å²) in [6.45, 7) is 1.70. The number of amides is 1. The summed E-state index contributed by atoms with van der Waals surface area (Å²) >= 11 is 3.22. The number of hydrogen-bond acceptors (Lipinski definition) is 5. The van der Waals surface area contributed by atoms with Crippen molar-refractivity contribution in [3.8, 4) is 11.5 Å². The zero-order chi connectivity index (χ0) is 17.1. The van der Waals surface area contributed by atoms with E-state index in [1.165, 1.54) is 7.11 Å². The lowest BCUT2D eigenvalue weighted by molar-refractivity contribution is -0.137. The molecule has 1 aliphatic heterocycles. The zero-order valence-corrected chi connectivity index (χ0v) is 14.1. The van der Waals surface area contributed by atoms with Crippen molar-refractivity contribution in [2.75, 3.05) is 13.7 Å². The molecule has 0 spiro atoms. The van der Waals surface area contributed by atoms with Crippen molar-refractivity contribution in [3.63, 3.8) is 0 Å². The third kappa shape index (κ3) is 3.70. The van der Waals surface area contributed by atoms with Gasteiger partial charge < -0.3 is 14.9 Å². The molecule has 0 aliphatic carbocycles. The van der Waals surface area contributed by atoms with Crippen molar-refractivity contribution in [2.45, 2.75) is 13.3 Å². The van der Waals surface area contributed by atoms with Gasteiger partial charge in [-0.05, 0) is 46.6 Å². The second-order valence-corrected chi connectivity index (χ2v) is 5.72. The molecule has 1 aliphatic rings. The van der Waals surface area contributed by atoms with Crippen LogP contribution in [0.2, 0.25) is 0 Å². The summed E-state index contributed by atoms with van der Waals surface area (Å²) in [5.41, 5.74) is 1.52. The van der Waals surface area contributed by atoms with Gasteiger partial charge >= 0.3 is 5.97 Å². The number of ether oxygens (including phenoxy) is 1. The zero-order valence-electron chi connectivity index (χ0n) is 12.5. The van der Waals surface area contributed by atoms with Crippen LogP contribution in [0.4, 0.5) is 0 Å². The quantitative estimate of drug-likeness (QED) is 0.760. The number of benzene rings is 1. The molecular weight excluding hydrogens is 368 g/mol. The average Bonchev–Trinajstić information content (AvgIpc) is 2.76. The van der Waals surface area contributed by atoms with Gasteiger partial charge in [-0.2, -0.15) is 5.10 Å². The largest absolute Gasteiger partial charge is 0.503 e. The third-order valence-corrected chi connectivity index (χ3v) is 3.85. The third-order valence-electron chi connectivity index (χ3n) is 3.24. The monoisotopic (exact) mass is 382 g/mol. The molecule has 0 radical (unpaired) electrons. The smallest absolute Gasteiger partial charge is 0.305 e. The summed E-state index contributed by atoms with van der Waals surface area (Å²) in [4.78, 5) is 22.9. The molecule has 2 N–H and O–H groups in total. The normalized spacial score (nSPS) is 16.0. The lowest BCUT2D eigenvalue weighted by Crippen LogP contribution is -2.24. The van der Waals surface area contributed by atoms with Crippen LogP contribution in [-0.2, 0) is 9.59 Å². The van der Waals surface area contributed by atoms with Gasteiger partial charge in [0, 0.05) is 0 Å². The molecule has 0 atom stereocenters. The van der Waals surface area contributed by atoms with Crippen LogP contribution in [0.3, 0.4) is 0 Å². The van der Waals surface area contributed by atoms with E-state index in [1.807, 2.05) is 0 Å². The Morgan fingerprint density at radius 3 is 2.78 bits per heavy atom. The van der Waals surface area contributed by atoms with Crippen molar-refractivity contribution >= 4 is 39.6 Å². The van der Waals surface area contributed by atoms with Gasteiger partial charge in [-0.3, -0.25) is 9.59 Å². The van der Waals surface area contributed by atoms with Gasteiger partial charge in [-0.1, -0.05) is 0 Å². The number of hydrogen-bond donors (Lipinski definition) is 2. The van der Waals surface area contributed by atoms with Crippen LogP contribution in [0.15, 0.2) is 27.3 Å². The number of nitrogens with zero attached hydrogens (tertiary/aromatic N) is 2. The molecule has 0 saturated carbocycles. The fourth-order valence-electron chi connectivity index (χ4n) is 2.09. The number of phenols is 1. The SMILES string of the molecule is COc1cc(C=C2C(=O)N(CCC(=O)O)N=C2C)cc(Br)c1O.